The quantitative estimate of drug-likeness (QED) is 0.692. The zero-order valence-electron chi connectivity index (χ0n) is 10.6. The fraction of sp³-hybridized carbons (Fsp3) is 0.500. The van der Waals surface area contributed by atoms with Gasteiger partial charge in [-0.3, -0.25) is 0 Å². The van der Waals surface area contributed by atoms with Crippen LogP contribution in [0.25, 0.3) is 0 Å². The van der Waals surface area contributed by atoms with Crippen molar-refractivity contribution in [3.63, 3.8) is 0 Å². The zero-order chi connectivity index (χ0) is 11.9. The van der Waals surface area contributed by atoms with Crippen molar-refractivity contribution in [1.82, 2.24) is 0 Å². The smallest absolute Gasteiger partial charge is 0.105 e. The van der Waals surface area contributed by atoms with Crippen LogP contribution in [0, 0.1) is 6.92 Å². The Balaban J connectivity index is 2.75. The molecule has 0 aromatic heterocycles. The topological polar surface area (TPSA) is 24.7 Å². The molecular formula is C14H18N2. The van der Waals surface area contributed by atoms with Crippen molar-refractivity contribution in [3.05, 3.63) is 22.8 Å². The molecule has 0 bridgehead atoms. The average Bonchev–Trinajstić information content (AvgIpc) is 2.61. The summed E-state index contributed by atoms with van der Waals surface area (Å²) in [5.41, 5.74) is 6.10. The number of aliphatic imine (C=N–C) groups is 2. The third-order valence-corrected chi connectivity index (χ3v) is 3.05. The molecule has 0 amide bonds. The zero-order valence-corrected chi connectivity index (χ0v) is 10.6. The summed E-state index contributed by atoms with van der Waals surface area (Å²) in [6.45, 7) is 11.1. The van der Waals surface area contributed by atoms with Crippen molar-refractivity contribution in [2.75, 3.05) is 0 Å². The monoisotopic (exact) mass is 214 g/mol. The Morgan fingerprint density at radius 2 is 1.62 bits per heavy atom. The highest BCUT2D eigenvalue weighted by Crippen LogP contribution is 2.44. The van der Waals surface area contributed by atoms with E-state index < -0.39 is 0 Å². The predicted molar refractivity (Wildman–Crippen MR) is 68.5 cm³/mol. The van der Waals surface area contributed by atoms with Gasteiger partial charge in [0, 0.05) is 0 Å². The number of benzene rings is 1. The number of aryl methyl sites for hydroxylation is 1. The van der Waals surface area contributed by atoms with Gasteiger partial charge >= 0.3 is 0 Å². The molecule has 84 valence electrons. The highest BCUT2D eigenvalue weighted by atomic mass is 14.9. The van der Waals surface area contributed by atoms with Crippen LogP contribution >= 0.6 is 0 Å². The molecule has 1 aromatic rings. The van der Waals surface area contributed by atoms with Crippen LogP contribution in [0.2, 0.25) is 0 Å². The molecule has 0 N–H and O–H groups in total. The van der Waals surface area contributed by atoms with Gasteiger partial charge in [0.1, 0.15) is 17.4 Å². The molecule has 1 aromatic carbocycles. The minimum Gasteiger partial charge on any atom is -0.185 e. The molecule has 0 radical (unpaired) electrons. The van der Waals surface area contributed by atoms with Crippen LogP contribution in [-0.4, -0.2) is 6.01 Å². The molecule has 0 saturated carbocycles. The SMILES string of the molecule is Cc1cc2c(c(C(C)C)c1C(C)C)N=C=N2. The van der Waals surface area contributed by atoms with E-state index in [1.165, 1.54) is 16.7 Å². The van der Waals surface area contributed by atoms with E-state index in [1.54, 1.807) is 0 Å². The number of rotatable bonds is 2. The van der Waals surface area contributed by atoms with Crippen LogP contribution in [0.5, 0.6) is 0 Å². The van der Waals surface area contributed by atoms with Crippen LogP contribution in [0.1, 0.15) is 56.2 Å². The lowest BCUT2D eigenvalue weighted by Gasteiger charge is -2.20. The molecule has 2 heteroatoms. The summed E-state index contributed by atoms with van der Waals surface area (Å²) in [5.74, 6) is 1.00. The van der Waals surface area contributed by atoms with Gasteiger partial charge in [0.15, 0.2) is 0 Å². The van der Waals surface area contributed by atoms with Crippen LogP contribution in [0.15, 0.2) is 16.1 Å². The number of fused-ring (bicyclic) bond motifs is 1. The Morgan fingerprint density at radius 1 is 1.00 bits per heavy atom. The van der Waals surface area contributed by atoms with Crippen LogP contribution < -0.4 is 0 Å². The summed E-state index contributed by atoms with van der Waals surface area (Å²) >= 11 is 0. The number of hydrogen-bond acceptors (Lipinski definition) is 2. The average molecular weight is 214 g/mol. The van der Waals surface area contributed by atoms with Crippen molar-refractivity contribution < 1.29 is 0 Å². The molecule has 0 aliphatic carbocycles. The van der Waals surface area contributed by atoms with Crippen molar-refractivity contribution in [1.29, 1.82) is 0 Å². The molecule has 1 aliphatic rings. The van der Waals surface area contributed by atoms with Gasteiger partial charge in [0.25, 0.3) is 0 Å². The normalized spacial score (nSPS) is 12.9. The molecule has 0 unspecified atom stereocenters. The Kier molecular flexibility index (Phi) is 2.69. The second kappa shape index (κ2) is 3.88. The largest absolute Gasteiger partial charge is 0.185 e. The maximum absolute atomic E-state index is 4.29. The summed E-state index contributed by atoms with van der Waals surface area (Å²) in [6, 6.07) is 4.85. The fourth-order valence-electron chi connectivity index (χ4n) is 2.51. The van der Waals surface area contributed by atoms with Crippen molar-refractivity contribution in [2.24, 2.45) is 9.98 Å². The molecule has 0 spiro atoms. The van der Waals surface area contributed by atoms with Gasteiger partial charge in [0.2, 0.25) is 0 Å². The van der Waals surface area contributed by atoms with Crippen molar-refractivity contribution in [3.8, 4) is 0 Å². The van der Waals surface area contributed by atoms with Crippen LogP contribution in [0.3, 0.4) is 0 Å². The Morgan fingerprint density at radius 3 is 2.19 bits per heavy atom. The molecule has 0 saturated heterocycles. The Labute approximate surface area is 97.1 Å². The van der Waals surface area contributed by atoms with Gasteiger partial charge in [-0.25, -0.2) is 0 Å². The lowest BCUT2D eigenvalue weighted by atomic mass is 9.85. The molecule has 2 nitrogen and oxygen atoms in total. The summed E-state index contributed by atoms with van der Waals surface area (Å²) < 4.78 is 0. The van der Waals surface area contributed by atoms with E-state index in [1.807, 2.05) is 0 Å². The van der Waals surface area contributed by atoms with Crippen molar-refractivity contribution >= 4 is 17.4 Å². The second-order valence-electron chi connectivity index (χ2n) is 5.02. The maximum Gasteiger partial charge on any atom is 0.105 e. The van der Waals surface area contributed by atoms with Gasteiger partial charge in [-0.15, -0.1) is 0 Å². The maximum atomic E-state index is 4.29. The molecular weight excluding hydrogens is 196 g/mol. The summed E-state index contributed by atoms with van der Waals surface area (Å²) in [4.78, 5) is 8.47. The first kappa shape index (κ1) is 11.1. The Hall–Kier alpha value is -1.40. The molecule has 1 heterocycles. The van der Waals surface area contributed by atoms with E-state index in [0.29, 0.717) is 11.8 Å². The Bertz CT molecular complexity index is 490. The second-order valence-corrected chi connectivity index (χ2v) is 5.02. The summed E-state index contributed by atoms with van der Waals surface area (Å²) in [5, 5.41) is 0. The molecule has 0 atom stereocenters. The van der Waals surface area contributed by atoms with E-state index >= 15 is 0 Å². The molecule has 2 rings (SSSR count). The van der Waals surface area contributed by atoms with Crippen LogP contribution in [-0.2, 0) is 0 Å². The van der Waals surface area contributed by atoms with Gasteiger partial charge < -0.3 is 0 Å². The summed E-state index contributed by atoms with van der Waals surface area (Å²) in [6.07, 6.45) is 0. The van der Waals surface area contributed by atoms with Crippen molar-refractivity contribution in [2.45, 2.75) is 46.5 Å². The van der Waals surface area contributed by atoms with Gasteiger partial charge in [-0.1, -0.05) is 27.7 Å². The molecule has 16 heavy (non-hydrogen) atoms. The third-order valence-electron chi connectivity index (χ3n) is 3.05. The lowest BCUT2D eigenvalue weighted by molar-refractivity contribution is 0.784. The standard InChI is InChI=1S/C14H18N2/c1-8(2)12-10(5)6-11-14(16-7-15-11)13(12)9(3)4/h6,8-9H,1-5H3. The van der Waals surface area contributed by atoms with Crippen LogP contribution in [0.4, 0.5) is 11.4 Å². The first-order chi connectivity index (χ1) is 7.52. The molecule has 1 aliphatic heterocycles. The third kappa shape index (κ3) is 1.60. The van der Waals surface area contributed by atoms with Gasteiger partial charge in [-0.05, 0) is 41.5 Å². The minimum absolute atomic E-state index is 0.477. The van der Waals surface area contributed by atoms with E-state index in [9.17, 15) is 0 Å². The molecule has 0 fully saturated rings. The fourth-order valence-corrected chi connectivity index (χ4v) is 2.51. The highest BCUT2D eigenvalue weighted by molar-refractivity contribution is 5.80. The van der Waals surface area contributed by atoms with Gasteiger partial charge in [-0.2, -0.15) is 9.98 Å². The predicted octanol–water partition coefficient (Wildman–Crippen LogP) is 4.69. The van der Waals surface area contributed by atoms with Gasteiger partial charge in [0.05, 0.1) is 0 Å². The number of nitrogens with zero attached hydrogens (tertiary/aromatic N) is 2. The lowest BCUT2D eigenvalue weighted by Crippen LogP contribution is -2.02. The first-order valence-electron chi connectivity index (χ1n) is 5.86. The summed E-state index contributed by atoms with van der Waals surface area (Å²) in [7, 11) is 0. The first-order valence-corrected chi connectivity index (χ1v) is 5.86. The van der Waals surface area contributed by atoms with E-state index in [-0.39, 0.29) is 0 Å². The van der Waals surface area contributed by atoms with E-state index in [0.717, 1.165) is 11.4 Å². The van der Waals surface area contributed by atoms with E-state index in [2.05, 4.69) is 56.7 Å². The highest BCUT2D eigenvalue weighted by Gasteiger charge is 2.21. The minimum atomic E-state index is 0.477. The van der Waals surface area contributed by atoms with E-state index in [4.69, 9.17) is 0 Å². The number of hydrogen-bond donors (Lipinski definition) is 0.